The van der Waals surface area contributed by atoms with E-state index in [0.29, 0.717) is 59.3 Å². The van der Waals surface area contributed by atoms with Gasteiger partial charge in [0.05, 0.1) is 83.0 Å². The summed E-state index contributed by atoms with van der Waals surface area (Å²) in [5, 5.41) is 3.08. The first-order valence-corrected chi connectivity index (χ1v) is 19.8. The lowest BCUT2D eigenvalue weighted by molar-refractivity contribution is -0.147. The van der Waals surface area contributed by atoms with Crippen LogP contribution in [0.4, 0.5) is 0 Å². The zero-order valence-electron chi connectivity index (χ0n) is 35.5. The number of Topliss-reactive ketones (excluding diaryl/α,β-unsaturated/α-hetero) is 1. The minimum Gasteiger partial charge on any atom is -0.379 e. The molecule has 0 spiro atoms. The first-order valence-electron chi connectivity index (χ1n) is 19.8. The van der Waals surface area contributed by atoms with Crippen molar-refractivity contribution in [1.29, 1.82) is 0 Å². The van der Waals surface area contributed by atoms with Crippen molar-refractivity contribution in [1.82, 2.24) is 20.0 Å². The van der Waals surface area contributed by atoms with Gasteiger partial charge in [0.15, 0.2) is 0 Å². The van der Waals surface area contributed by atoms with Crippen molar-refractivity contribution in [3.63, 3.8) is 0 Å². The number of ketones is 1. The third kappa shape index (κ3) is 15.7. The molecule has 3 amide bonds. The number of ether oxygens (including phenoxy) is 5. The number of nitrogens with zero attached hydrogens (tertiary/aromatic N) is 3. The van der Waals surface area contributed by atoms with Gasteiger partial charge in [-0.1, -0.05) is 54.9 Å². The van der Waals surface area contributed by atoms with Crippen molar-refractivity contribution in [3.05, 3.63) is 0 Å². The molecule has 8 atom stereocenters. The average Bonchev–Trinajstić information content (AvgIpc) is 3.61. The summed E-state index contributed by atoms with van der Waals surface area (Å²) in [4.78, 5) is 64.3. The van der Waals surface area contributed by atoms with E-state index in [4.69, 9.17) is 29.6 Å². The molecule has 54 heavy (non-hydrogen) atoms. The van der Waals surface area contributed by atoms with Crippen LogP contribution in [0.5, 0.6) is 0 Å². The summed E-state index contributed by atoms with van der Waals surface area (Å²) in [6, 6.07) is -1.94. The van der Waals surface area contributed by atoms with Gasteiger partial charge >= 0.3 is 0 Å². The first kappa shape index (κ1) is 49.8. The second-order valence-electron chi connectivity index (χ2n) is 15.3. The Labute approximate surface area is 325 Å². The van der Waals surface area contributed by atoms with Crippen LogP contribution < -0.4 is 11.2 Å². The smallest absolute Gasteiger partial charge is 0.245 e. The van der Waals surface area contributed by atoms with Crippen molar-refractivity contribution in [3.8, 4) is 0 Å². The highest BCUT2D eigenvalue weighted by Crippen LogP contribution is 2.29. The fourth-order valence-electron chi connectivity index (χ4n) is 7.37. The van der Waals surface area contributed by atoms with Crippen molar-refractivity contribution >= 4 is 23.5 Å². The largest absolute Gasteiger partial charge is 0.379 e. The third-order valence-electron chi connectivity index (χ3n) is 10.8. The van der Waals surface area contributed by atoms with Crippen molar-refractivity contribution in [2.45, 2.75) is 117 Å². The molecule has 15 nitrogen and oxygen atoms in total. The summed E-state index contributed by atoms with van der Waals surface area (Å²) in [6.07, 6.45) is 1.39. The van der Waals surface area contributed by atoms with Crippen LogP contribution in [0.1, 0.15) is 81.1 Å². The summed E-state index contributed by atoms with van der Waals surface area (Å²) >= 11 is 0. The molecular formula is C39H75N5O10. The van der Waals surface area contributed by atoms with E-state index in [1.165, 1.54) is 0 Å². The second-order valence-corrected chi connectivity index (χ2v) is 15.3. The van der Waals surface area contributed by atoms with Crippen LogP contribution in [0.15, 0.2) is 0 Å². The van der Waals surface area contributed by atoms with Crippen LogP contribution in [0.2, 0.25) is 0 Å². The normalized spacial score (nSPS) is 18.7. The van der Waals surface area contributed by atoms with E-state index in [9.17, 15) is 19.2 Å². The molecular weight excluding hydrogens is 698 g/mol. The van der Waals surface area contributed by atoms with Crippen LogP contribution >= 0.6 is 0 Å². The quantitative estimate of drug-likeness (QED) is 0.0843. The second kappa shape index (κ2) is 26.6. The Balaban J connectivity index is 3.00. The Kier molecular flexibility index (Phi) is 24.5. The number of likely N-dealkylation sites (N-methyl/N-ethyl adjacent to an activating group) is 2. The Bertz CT molecular complexity index is 1100. The Morgan fingerprint density at radius 2 is 1.43 bits per heavy atom. The average molecular weight is 774 g/mol. The maximum Gasteiger partial charge on any atom is 0.245 e. The molecule has 0 bridgehead atoms. The minimum absolute atomic E-state index is 0.0104. The number of amides is 3. The van der Waals surface area contributed by atoms with E-state index in [1.807, 2.05) is 58.4 Å². The predicted molar refractivity (Wildman–Crippen MR) is 207 cm³/mol. The number of likely N-dealkylation sites (tertiary alicyclic amines) is 1. The molecule has 0 aromatic heterocycles. The van der Waals surface area contributed by atoms with E-state index in [1.54, 1.807) is 33.1 Å². The molecule has 0 aromatic carbocycles. The van der Waals surface area contributed by atoms with Gasteiger partial charge in [0.1, 0.15) is 11.8 Å². The molecule has 0 aromatic rings. The molecule has 3 N–H and O–H groups in total. The topological polar surface area (TPSA) is 171 Å². The number of nitrogens with one attached hydrogen (secondary N) is 1. The standard InChI is InChI=1S/C39H75N5O10/c1-13-28(6)36(32(49-11)25-33(46)44-16-14-15-31(44)37(50-12)29(7)30(8)45)43(10)39(48)34(26(2)3)41-38(47)35(27(4)5)42(9)17-18-51-19-20-52-21-22-53-23-24-54-40/h26-29,31-32,34-37H,13-25,40H2,1-12H3,(H,41,47)/t28-,29-,31-,32+,34-,35-,36-,37+/m0/s1. The lowest BCUT2D eigenvalue weighted by Crippen LogP contribution is -2.60. The first-order chi connectivity index (χ1) is 25.6. The summed E-state index contributed by atoms with van der Waals surface area (Å²) in [6.45, 7) is 19.2. The van der Waals surface area contributed by atoms with Gasteiger partial charge in [-0.3, -0.25) is 24.1 Å². The third-order valence-corrected chi connectivity index (χ3v) is 10.8. The van der Waals surface area contributed by atoms with Crippen molar-refractivity contribution in [2.24, 2.45) is 29.6 Å². The number of carbonyl (C=O) groups excluding carboxylic acids is 4. The summed E-state index contributed by atoms with van der Waals surface area (Å²) < 4.78 is 28.3. The Hall–Kier alpha value is -2.24. The number of carbonyl (C=O) groups is 4. The number of hydrogen-bond acceptors (Lipinski definition) is 12. The lowest BCUT2D eigenvalue weighted by Gasteiger charge is -2.41. The molecule has 0 unspecified atom stereocenters. The van der Waals surface area contributed by atoms with Gasteiger partial charge in [0.2, 0.25) is 17.7 Å². The van der Waals surface area contributed by atoms with E-state index in [2.05, 4.69) is 17.1 Å². The van der Waals surface area contributed by atoms with E-state index in [-0.39, 0.29) is 59.6 Å². The molecule has 316 valence electrons. The summed E-state index contributed by atoms with van der Waals surface area (Å²) in [7, 11) is 6.78. The molecule has 0 aliphatic carbocycles. The summed E-state index contributed by atoms with van der Waals surface area (Å²) in [5.74, 6) is 3.82. The molecule has 0 saturated carbocycles. The highest BCUT2D eigenvalue weighted by Gasteiger charge is 2.42. The lowest BCUT2D eigenvalue weighted by atomic mass is 9.89. The van der Waals surface area contributed by atoms with Crippen LogP contribution in [0.3, 0.4) is 0 Å². The van der Waals surface area contributed by atoms with E-state index in [0.717, 1.165) is 19.3 Å². The Morgan fingerprint density at radius 1 is 0.852 bits per heavy atom. The monoisotopic (exact) mass is 774 g/mol. The molecule has 1 aliphatic rings. The number of nitrogens with two attached hydrogens (primary N) is 1. The maximum atomic E-state index is 14.4. The van der Waals surface area contributed by atoms with Gasteiger partial charge in [-0.05, 0) is 44.6 Å². The zero-order valence-corrected chi connectivity index (χ0v) is 35.5. The molecule has 1 saturated heterocycles. The van der Waals surface area contributed by atoms with Gasteiger partial charge < -0.3 is 43.6 Å². The SMILES string of the molecule is CC[C@H](C)[C@@H]([C@@H](CC(=O)N1CCC[C@H]1[C@H](OC)[C@@H](C)C(C)=O)OC)N(C)C(=O)[C@@H](NC(=O)[C@H](C(C)C)N(C)CCOCCOCCOCCON)C(C)C. The highest BCUT2D eigenvalue weighted by atomic mass is 16.6. The molecule has 1 aliphatic heterocycles. The minimum atomic E-state index is -0.796. The van der Waals surface area contributed by atoms with Crippen molar-refractivity contribution in [2.75, 3.05) is 87.7 Å². The van der Waals surface area contributed by atoms with Gasteiger partial charge in [-0.25, -0.2) is 5.90 Å². The molecule has 1 heterocycles. The van der Waals surface area contributed by atoms with Gasteiger partial charge in [-0.2, -0.15) is 0 Å². The van der Waals surface area contributed by atoms with E-state index < -0.39 is 30.3 Å². The molecule has 1 fully saturated rings. The summed E-state index contributed by atoms with van der Waals surface area (Å²) in [5.41, 5.74) is 0. The highest BCUT2D eigenvalue weighted by molar-refractivity contribution is 5.90. The number of methoxy groups -OCH3 is 2. The van der Waals surface area contributed by atoms with Gasteiger partial charge in [0.25, 0.3) is 0 Å². The fraction of sp³-hybridized carbons (Fsp3) is 0.897. The molecule has 0 radical (unpaired) electrons. The van der Waals surface area contributed by atoms with E-state index >= 15 is 0 Å². The van der Waals surface area contributed by atoms with Crippen LogP contribution in [0, 0.1) is 23.7 Å². The van der Waals surface area contributed by atoms with Gasteiger partial charge in [-0.15, -0.1) is 0 Å². The van der Waals surface area contributed by atoms with Crippen LogP contribution in [0.25, 0.3) is 0 Å². The number of hydrogen-bond donors (Lipinski definition) is 2. The van der Waals surface area contributed by atoms with Crippen molar-refractivity contribution < 1.29 is 47.7 Å². The fourth-order valence-corrected chi connectivity index (χ4v) is 7.37. The molecule has 1 rings (SSSR count). The number of rotatable bonds is 29. The van der Waals surface area contributed by atoms with Crippen LogP contribution in [-0.4, -0.2) is 162 Å². The zero-order chi connectivity index (χ0) is 41.0. The predicted octanol–water partition coefficient (Wildman–Crippen LogP) is 2.53. The Morgan fingerprint density at radius 3 is 1.91 bits per heavy atom. The van der Waals surface area contributed by atoms with Gasteiger partial charge in [0, 0.05) is 40.3 Å². The van der Waals surface area contributed by atoms with Crippen LogP contribution in [-0.2, 0) is 47.7 Å². The molecule has 15 heteroatoms. The maximum absolute atomic E-state index is 14.4.